The summed E-state index contributed by atoms with van der Waals surface area (Å²) in [6.07, 6.45) is 4.19. The molecule has 3 heteroatoms. The molecule has 0 saturated carbocycles. The van der Waals surface area contributed by atoms with Crippen LogP contribution in [0.5, 0.6) is 0 Å². The van der Waals surface area contributed by atoms with Gasteiger partial charge in [-0.05, 0) is 38.1 Å². The van der Waals surface area contributed by atoms with Crippen LogP contribution in [-0.4, -0.2) is 24.0 Å². The molecule has 0 spiro atoms. The fourth-order valence-electron chi connectivity index (χ4n) is 2.24. The first-order valence-electron chi connectivity index (χ1n) is 6.77. The highest BCUT2D eigenvalue weighted by molar-refractivity contribution is 7.11. The topological polar surface area (TPSA) is 15.3 Å². The van der Waals surface area contributed by atoms with Crippen LogP contribution in [0, 0.1) is 0 Å². The molecule has 17 heavy (non-hydrogen) atoms. The summed E-state index contributed by atoms with van der Waals surface area (Å²) >= 11 is 1.96. The maximum atomic E-state index is 3.48. The van der Waals surface area contributed by atoms with Gasteiger partial charge in [-0.3, -0.25) is 4.90 Å². The first-order chi connectivity index (χ1) is 8.24. The van der Waals surface area contributed by atoms with E-state index in [2.05, 4.69) is 36.2 Å². The summed E-state index contributed by atoms with van der Waals surface area (Å²) in [5, 5.41) is 3.48. The second-order valence-electron chi connectivity index (χ2n) is 5.24. The van der Waals surface area contributed by atoms with Crippen molar-refractivity contribution >= 4 is 11.3 Å². The van der Waals surface area contributed by atoms with Gasteiger partial charge in [0, 0.05) is 28.9 Å². The fraction of sp³-hybridized carbons (Fsp3) is 0.714. The van der Waals surface area contributed by atoms with Gasteiger partial charge in [0.1, 0.15) is 0 Å². The molecular formula is C14H24N2S. The first kappa shape index (κ1) is 13.1. The third-order valence-electron chi connectivity index (χ3n) is 3.23. The summed E-state index contributed by atoms with van der Waals surface area (Å²) in [5.74, 6) is 0. The number of nitrogens with zero attached hydrogens (tertiary/aromatic N) is 1. The van der Waals surface area contributed by atoms with Crippen LogP contribution in [0.4, 0.5) is 0 Å². The van der Waals surface area contributed by atoms with Gasteiger partial charge in [-0.15, -0.1) is 11.3 Å². The summed E-state index contributed by atoms with van der Waals surface area (Å²) in [5.41, 5.74) is 0. The van der Waals surface area contributed by atoms with E-state index in [1.807, 2.05) is 11.3 Å². The zero-order valence-corrected chi connectivity index (χ0v) is 11.9. The van der Waals surface area contributed by atoms with E-state index in [1.165, 1.54) is 42.1 Å². The van der Waals surface area contributed by atoms with Crippen molar-refractivity contribution in [3.8, 4) is 0 Å². The van der Waals surface area contributed by atoms with Crippen LogP contribution in [-0.2, 0) is 13.1 Å². The van der Waals surface area contributed by atoms with E-state index >= 15 is 0 Å². The van der Waals surface area contributed by atoms with Crippen LogP contribution >= 0.6 is 11.3 Å². The van der Waals surface area contributed by atoms with Crippen molar-refractivity contribution in [3.63, 3.8) is 0 Å². The summed E-state index contributed by atoms with van der Waals surface area (Å²) in [4.78, 5) is 5.58. The van der Waals surface area contributed by atoms with Gasteiger partial charge in [-0.25, -0.2) is 0 Å². The fourth-order valence-corrected chi connectivity index (χ4v) is 3.26. The second-order valence-corrected chi connectivity index (χ2v) is 6.49. The van der Waals surface area contributed by atoms with E-state index in [4.69, 9.17) is 0 Å². The lowest BCUT2D eigenvalue weighted by Gasteiger charge is -2.25. The number of hydrogen-bond acceptors (Lipinski definition) is 3. The Hall–Kier alpha value is -0.380. The maximum absolute atomic E-state index is 3.48. The number of thiophene rings is 1. The molecule has 1 aliphatic heterocycles. The van der Waals surface area contributed by atoms with Crippen molar-refractivity contribution in [1.82, 2.24) is 10.2 Å². The molecule has 1 aliphatic rings. The molecule has 1 N–H and O–H groups in total. The smallest absolute Gasteiger partial charge is 0.0328 e. The van der Waals surface area contributed by atoms with Gasteiger partial charge in [0.2, 0.25) is 0 Å². The van der Waals surface area contributed by atoms with Crippen molar-refractivity contribution < 1.29 is 0 Å². The van der Waals surface area contributed by atoms with Crippen LogP contribution in [0.25, 0.3) is 0 Å². The molecule has 0 amide bonds. The zero-order valence-electron chi connectivity index (χ0n) is 11.0. The lowest BCUT2D eigenvalue weighted by molar-refractivity contribution is 0.222. The Labute approximate surface area is 109 Å². The van der Waals surface area contributed by atoms with Crippen LogP contribution in [0.15, 0.2) is 12.1 Å². The van der Waals surface area contributed by atoms with E-state index in [0.29, 0.717) is 6.04 Å². The predicted molar refractivity (Wildman–Crippen MR) is 75.4 cm³/mol. The third kappa shape index (κ3) is 4.41. The number of piperidine rings is 1. The van der Waals surface area contributed by atoms with Gasteiger partial charge in [0.05, 0.1) is 0 Å². The number of nitrogens with one attached hydrogen (secondary N) is 1. The molecular weight excluding hydrogens is 228 g/mol. The van der Waals surface area contributed by atoms with Gasteiger partial charge in [0.15, 0.2) is 0 Å². The highest BCUT2D eigenvalue weighted by atomic mass is 32.1. The Kier molecular flexibility index (Phi) is 5.01. The normalized spacial score (nSPS) is 17.8. The van der Waals surface area contributed by atoms with Gasteiger partial charge < -0.3 is 5.32 Å². The summed E-state index contributed by atoms with van der Waals surface area (Å²) < 4.78 is 0. The molecule has 2 nitrogen and oxygen atoms in total. The van der Waals surface area contributed by atoms with Gasteiger partial charge in [-0.2, -0.15) is 0 Å². The van der Waals surface area contributed by atoms with Crippen molar-refractivity contribution in [2.24, 2.45) is 0 Å². The van der Waals surface area contributed by atoms with E-state index in [9.17, 15) is 0 Å². The molecule has 0 atom stereocenters. The Balaban J connectivity index is 1.80. The molecule has 1 aromatic rings. The van der Waals surface area contributed by atoms with Crippen molar-refractivity contribution in [2.75, 3.05) is 13.1 Å². The van der Waals surface area contributed by atoms with Crippen LogP contribution in [0.3, 0.4) is 0 Å². The molecule has 1 fully saturated rings. The minimum Gasteiger partial charge on any atom is -0.310 e. The summed E-state index contributed by atoms with van der Waals surface area (Å²) in [7, 11) is 0. The minimum atomic E-state index is 0.572. The van der Waals surface area contributed by atoms with Crippen LogP contribution < -0.4 is 5.32 Å². The van der Waals surface area contributed by atoms with Gasteiger partial charge >= 0.3 is 0 Å². The van der Waals surface area contributed by atoms with Crippen LogP contribution in [0.2, 0.25) is 0 Å². The average Bonchev–Trinajstić information content (AvgIpc) is 2.75. The average molecular weight is 252 g/mol. The molecule has 0 radical (unpaired) electrons. The molecule has 2 rings (SSSR count). The Morgan fingerprint density at radius 2 is 1.88 bits per heavy atom. The zero-order chi connectivity index (χ0) is 12.1. The van der Waals surface area contributed by atoms with Crippen molar-refractivity contribution in [1.29, 1.82) is 0 Å². The molecule has 1 saturated heterocycles. The quantitative estimate of drug-likeness (QED) is 0.865. The Morgan fingerprint density at radius 3 is 2.59 bits per heavy atom. The Bertz CT molecular complexity index is 327. The summed E-state index contributed by atoms with van der Waals surface area (Å²) in [6.45, 7) is 9.15. The van der Waals surface area contributed by atoms with E-state index in [-0.39, 0.29) is 0 Å². The molecule has 1 aromatic heterocycles. The van der Waals surface area contributed by atoms with Crippen molar-refractivity contribution in [2.45, 2.75) is 52.2 Å². The highest BCUT2D eigenvalue weighted by Gasteiger charge is 2.11. The van der Waals surface area contributed by atoms with E-state index < -0.39 is 0 Å². The third-order valence-corrected chi connectivity index (χ3v) is 4.30. The summed E-state index contributed by atoms with van der Waals surface area (Å²) in [6, 6.07) is 5.15. The highest BCUT2D eigenvalue weighted by Crippen LogP contribution is 2.20. The maximum Gasteiger partial charge on any atom is 0.0328 e. The van der Waals surface area contributed by atoms with Crippen molar-refractivity contribution in [3.05, 3.63) is 21.9 Å². The predicted octanol–water partition coefficient (Wildman–Crippen LogP) is 3.23. The Morgan fingerprint density at radius 1 is 1.18 bits per heavy atom. The number of hydrogen-bond donors (Lipinski definition) is 1. The first-order valence-corrected chi connectivity index (χ1v) is 7.59. The molecule has 2 heterocycles. The SMILES string of the molecule is CC(C)NCc1ccc(CN2CCCCC2)s1. The van der Waals surface area contributed by atoms with Gasteiger partial charge in [-0.1, -0.05) is 20.3 Å². The van der Waals surface area contributed by atoms with E-state index in [1.54, 1.807) is 0 Å². The lowest BCUT2D eigenvalue weighted by Crippen LogP contribution is -2.28. The monoisotopic (exact) mass is 252 g/mol. The molecule has 0 aliphatic carbocycles. The molecule has 0 bridgehead atoms. The van der Waals surface area contributed by atoms with Gasteiger partial charge in [0.25, 0.3) is 0 Å². The lowest BCUT2D eigenvalue weighted by atomic mass is 10.1. The second kappa shape index (κ2) is 6.53. The molecule has 0 aromatic carbocycles. The standard InChI is InChI=1S/C14H24N2S/c1-12(2)15-10-13-6-7-14(17-13)11-16-8-4-3-5-9-16/h6-7,12,15H,3-5,8-11H2,1-2H3. The minimum absolute atomic E-state index is 0.572. The largest absolute Gasteiger partial charge is 0.310 e. The van der Waals surface area contributed by atoms with Crippen LogP contribution in [0.1, 0.15) is 42.9 Å². The van der Waals surface area contributed by atoms with E-state index in [0.717, 1.165) is 13.1 Å². The number of likely N-dealkylation sites (tertiary alicyclic amines) is 1. The number of rotatable bonds is 5. The molecule has 96 valence electrons. The molecule has 0 unspecified atom stereocenters.